The molecule has 2 aromatic carbocycles. The van der Waals surface area contributed by atoms with Crippen LogP contribution >= 0.6 is 0 Å². The van der Waals surface area contributed by atoms with Crippen LogP contribution in [0.15, 0.2) is 36.4 Å². The molecule has 0 radical (unpaired) electrons. The number of benzene rings is 2. The maximum atomic E-state index is 13.2. The van der Waals surface area contributed by atoms with Gasteiger partial charge in [-0.1, -0.05) is 6.07 Å². The minimum Gasteiger partial charge on any atom is -0.322 e. The number of hydrogen-bond donors (Lipinski definition) is 2. The van der Waals surface area contributed by atoms with Gasteiger partial charge in [-0.3, -0.25) is 4.79 Å². The van der Waals surface area contributed by atoms with Crippen molar-refractivity contribution in [1.82, 2.24) is 5.32 Å². The highest BCUT2D eigenvalue weighted by molar-refractivity contribution is 6.04. The first-order chi connectivity index (χ1) is 10.2. The highest BCUT2D eigenvalue weighted by Crippen LogP contribution is 2.19. The Morgan fingerprint density at radius 1 is 1.19 bits per heavy atom. The summed E-state index contributed by atoms with van der Waals surface area (Å²) in [7, 11) is 0. The van der Waals surface area contributed by atoms with Gasteiger partial charge in [0.05, 0.1) is 5.56 Å². The van der Waals surface area contributed by atoms with Gasteiger partial charge in [0.15, 0.2) is 0 Å². The Labute approximate surface area is 121 Å². The molecule has 2 N–H and O–H groups in total. The van der Waals surface area contributed by atoms with E-state index in [-0.39, 0.29) is 11.5 Å². The predicted octanol–water partition coefficient (Wildman–Crippen LogP) is 2.55. The summed E-state index contributed by atoms with van der Waals surface area (Å²) in [5.74, 6) is -0.876. The van der Waals surface area contributed by atoms with Crippen molar-refractivity contribution in [2.75, 3.05) is 5.32 Å². The molecule has 0 atom stereocenters. The summed E-state index contributed by atoms with van der Waals surface area (Å²) in [6.07, 6.45) is 0. The van der Waals surface area contributed by atoms with Crippen molar-refractivity contribution in [3.05, 3.63) is 64.5 Å². The standard InChI is InChI=1S/C16H12FN3O/c17-15-4-3-14(6-12(15)7-18)20-16(21)10-1-2-11-8-19-9-13(11)5-10/h1-6,19H,8-9H2,(H,20,21). The lowest BCUT2D eigenvalue weighted by Crippen LogP contribution is -2.12. The van der Waals surface area contributed by atoms with Crippen LogP contribution in [0.3, 0.4) is 0 Å². The molecule has 0 bridgehead atoms. The number of anilines is 1. The van der Waals surface area contributed by atoms with Crippen molar-refractivity contribution >= 4 is 11.6 Å². The molecule has 1 aliphatic rings. The van der Waals surface area contributed by atoms with Crippen molar-refractivity contribution in [1.29, 1.82) is 5.26 Å². The summed E-state index contributed by atoms with van der Waals surface area (Å²) in [5.41, 5.74) is 3.15. The van der Waals surface area contributed by atoms with Gasteiger partial charge in [0.25, 0.3) is 5.91 Å². The van der Waals surface area contributed by atoms with Crippen LogP contribution in [-0.4, -0.2) is 5.91 Å². The average Bonchev–Trinajstić information content (AvgIpc) is 2.96. The molecule has 0 aromatic heterocycles. The molecule has 0 saturated carbocycles. The Hall–Kier alpha value is -2.71. The zero-order valence-corrected chi connectivity index (χ0v) is 11.1. The van der Waals surface area contributed by atoms with E-state index in [9.17, 15) is 9.18 Å². The van der Waals surface area contributed by atoms with E-state index >= 15 is 0 Å². The molecule has 1 amide bonds. The van der Waals surface area contributed by atoms with Gasteiger partial charge < -0.3 is 10.6 Å². The Bertz CT molecular complexity index is 765. The van der Waals surface area contributed by atoms with Crippen LogP contribution in [0, 0.1) is 17.1 Å². The number of fused-ring (bicyclic) bond motifs is 1. The molecule has 0 fully saturated rings. The Balaban J connectivity index is 1.82. The fraction of sp³-hybridized carbons (Fsp3) is 0.125. The van der Waals surface area contributed by atoms with Crippen molar-refractivity contribution in [2.45, 2.75) is 13.1 Å². The van der Waals surface area contributed by atoms with Gasteiger partial charge in [0.2, 0.25) is 0 Å². The topological polar surface area (TPSA) is 64.9 Å². The number of rotatable bonds is 2. The second-order valence-corrected chi connectivity index (χ2v) is 4.85. The summed E-state index contributed by atoms with van der Waals surface area (Å²) in [5, 5.41) is 14.7. The molecular weight excluding hydrogens is 269 g/mol. The van der Waals surface area contributed by atoms with E-state index in [2.05, 4.69) is 10.6 Å². The third kappa shape index (κ3) is 2.62. The van der Waals surface area contributed by atoms with E-state index in [0.29, 0.717) is 11.3 Å². The van der Waals surface area contributed by atoms with Gasteiger partial charge in [0.1, 0.15) is 11.9 Å². The smallest absolute Gasteiger partial charge is 0.255 e. The number of nitriles is 1. The van der Waals surface area contributed by atoms with Gasteiger partial charge >= 0.3 is 0 Å². The van der Waals surface area contributed by atoms with Gasteiger partial charge in [-0.05, 0) is 41.5 Å². The summed E-state index contributed by atoms with van der Waals surface area (Å²) in [6, 6.07) is 11.2. The number of hydrogen-bond acceptors (Lipinski definition) is 3. The van der Waals surface area contributed by atoms with E-state index in [1.165, 1.54) is 23.8 Å². The molecule has 3 rings (SSSR count). The molecule has 4 nitrogen and oxygen atoms in total. The van der Waals surface area contributed by atoms with Crippen LogP contribution in [0.5, 0.6) is 0 Å². The van der Waals surface area contributed by atoms with Crippen molar-refractivity contribution in [3.63, 3.8) is 0 Å². The molecule has 0 saturated heterocycles. The summed E-state index contributed by atoms with van der Waals surface area (Å²) in [6.45, 7) is 1.58. The third-order valence-electron chi connectivity index (χ3n) is 3.44. The molecule has 1 aliphatic heterocycles. The highest BCUT2D eigenvalue weighted by atomic mass is 19.1. The number of nitrogens with one attached hydrogen (secondary N) is 2. The van der Waals surface area contributed by atoms with Crippen LogP contribution in [0.1, 0.15) is 27.0 Å². The number of amides is 1. The van der Waals surface area contributed by atoms with Crippen LogP contribution in [-0.2, 0) is 13.1 Å². The SMILES string of the molecule is N#Cc1cc(NC(=O)c2ccc3c(c2)CNC3)ccc1F. The van der Waals surface area contributed by atoms with Gasteiger partial charge in [-0.15, -0.1) is 0 Å². The van der Waals surface area contributed by atoms with Crippen LogP contribution < -0.4 is 10.6 Å². The fourth-order valence-electron chi connectivity index (χ4n) is 2.33. The predicted molar refractivity (Wildman–Crippen MR) is 76.1 cm³/mol. The van der Waals surface area contributed by atoms with E-state index < -0.39 is 5.82 Å². The Morgan fingerprint density at radius 3 is 2.81 bits per heavy atom. The fourth-order valence-corrected chi connectivity index (χ4v) is 2.33. The molecule has 0 unspecified atom stereocenters. The average molecular weight is 281 g/mol. The molecule has 104 valence electrons. The van der Waals surface area contributed by atoms with Crippen LogP contribution in [0.4, 0.5) is 10.1 Å². The lowest BCUT2D eigenvalue weighted by molar-refractivity contribution is 0.102. The second kappa shape index (κ2) is 5.35. The summed E-state index contributed by atoms with van der Waals surface area (Å²) in [4.78, 5) is 12.2. The highest BCUT2D eigenvalue weighted by Gasteiger charge is 2.14. The zero-order chi connectivity index (χ0) is 14.8. The molecule has 0 aliphatic carbocycles. The summed E-state index contributed by atoms with van der Waals surface area (Å²) < 4.78 is 13.2. The first-order valence-electron chi connectivity index (χ1n) is 6.51. The first kappa shape index (κ1) is 13.3. The van der Waals surface area contributed by atoms with E-state index in [4.69, 9.17) is 5.26 Å². The lowest BCUT2D eigenvalue weighted by Gasteiger charge is -2.07. The normalized spacial score (nSPS) is 12.6. The van der Waals surface area contributed by atoms with Crippen molar-refractivity contribution < 1.29 is 9.18 Å². The molecular formula is C16H12FN3O. The van der Waals surface area contributed by atoms with E-state index in [0.717, 1.165) is 18.7 Å². The lowest BCUT2D eigenvalue weighted by atomic mass is 10.1. The Morgan fingerprint density at radius 2 is 2.00 bits per heavy atom. The number of carbonyl (C=O) groups is 1. The summed E-state index contributed by atoms with van der Waals surface area (Å²) >= 11 is 0. The van der Waals surface area contributed by atoms with Gasteiger partial charge in [-0.25, -0.2) is 4.39 Å². The van der Waals surface area contributed by atoms with E-state index in [1.54, 1.807) is 12.1 Å². The molecule has 1 heterocycles. The van der Waals surface area contributed by atoms with Crippen LogP contribution in [0.2, 0.25) is 0 Å². The number of nitrogens with zero attached hydrogens (tertiary/aromatic N) is 1. The monoisotopic (exact) mass is 281 g/mol. The minimum atomic E-state index is -0.598. The molecule has 0 spiro atoms. The van der Waals surface area contributed by atoms with E-state index in [1.807, 2.05) is 12.1 Å². The molecule has 21 heavy (non-hydrogen) atoms. The van der Waals surface area contributed by atoms with Crippen LogP contribution in [0.25, 0.3) is 0 Å². The minimum absolute atomic E-state index is 0.0917. The number of carbonyl (C=O) groups excluding carboxylic acids is 1. The Kier molecular flexibility index (Phi) is 3.38. The second-order valence-electron chi connectivity index (χ2n) is 4.85. The third-order valence-corrected chi connectivity index (χ3v) is 3.44. The number of halogens is 1. The van der Waals surface area contributed by atoms with Crippen molar-refractivity contribution in [3.8, 4) is 6.07 Å². The zero-order valence-electron chi connectivity index (χ0n) is 11.1. The van der Waals surface area contributed by atoms with Gasteiger partial charge in [-0.2, -0.15) is 5.26 Å². The maximum Gasteiger partial charge on any atom is 0.255 e. The molecule has 2 aromatic rings. The molecule has 5 heteroatoms. The first-order valence-corrected chi connectivity index (χ1v) is 6.51. The maximum absolute atomic E-state index is 13.2. The quantitative estimate of drug-likeness (QED) is 0.889. The largest absolute Gasteiger partial charge is 0.322 e. The van der Waals surface area contributed by atoms with Gasteiger partial charge in [0, 0.05) is 24.3 Å². The van der Waals surface area contributed by atoms with Crippen molar-refractivity contribution in [2.24, 2.45) is 0 Å².